The highest BCUT2D eigenvalue weighted by atomic mass is 16.5. The summed E-state index contributed by atoms with van der Waals surface area (Å²) in [6.45, 7) is 6.13. The van der Waals surface area contributed by atoms with Crippen molar-refractivity contribution in [3.63, 3.8) is 0 Å². The molecular weight excluding hydrogens is 180 g/mol. The molecular formula is C10H18N2O2. The summed E-state index contributed by atoms with van der Waals surface area (Å²) in [6, 6.07) is 2.08. The van der Waals surface area contributed by atoms with E-state index in [0.29, 0.717) is 19.6 Å². The summed E-state index contributed by atoms with van der Waals surface area (Å²) in [4.78, 5) is 13.1. The Morgan fingerprint density at radius 2 is 2.21 bits per heavy atom. The van der Waals surface area contributed by atoms with Gasteiger partial charge in [-0.25, -0.2) is 0 Å². The van der Waals surface area contributed by atoms with Crippen molar-refractivity contribution in [1.29, 1.82) is 5.26 Å². The molecule has 0 fully saturated rings. The van der Waals surface area contributed by atoms with Crippen LogP contribution >= 0.6 is 0 Å². The molecule has 0 aromatic carbocycles. The maximum Gasteiger partial charge on any atom is 0.320 e. The molecule has 0 rings (SSSR count). The number of carbonyl (C=O) groups excluding carboxylic acids is 1. The average Bonchev–Trinajstić information content (AvgIpc) is 2.17. The Hall–Kier alpha value is -1.08. The van der Waals surface area contributed by atoms with Gasteiger partial charge >= 0.3 is 5.97 Å². The largest absolute Gasteiger partial charge is 0.465 e. The lowest BCUT2D eigenvalue weighted by atomic mass is 10.3. The van der Waals surface area contributed by atoms with Crippen LogP contribution in [0.5, 0.6) is 0 Å². The molecule has 0 spiro atoms. The molecule has 0 heterocycles. The molecule has 0 aromatic heterocycles. The molecule has 0 aliphatic rings. The zero-order chi connectivity index (χ0) is 10.8. The fraction of sp³-hybridized carbons (Fsp3) is 0.800. The smallest absolute Gasteiger partial charge is 0.320 e. The van der Waals surface area contributed by atoms with Crippen LogP contribution in [0.1, 0.15) is 26.7 Å². The fourth-order valence-corrected chi connectivity index (χ4v) is 1.12. The number of esters is 1. The van der Waals surface area contributed by atoms with Crippen LogP contribution in [0, 0.1) is 11.3 Å². The zero-order valence-corrected chi connectivity index (χ0v) is 8.95. The second-order valence-electron chi connectivity index (χ2n) is 2.94. The van der Waals surface area contributed by atoms with Gasteiger partial charge in [0.1, 0.15) is 0 Å². The Kier molecular flexibility index (Phi) is 7.86. The normalized spacial score (nSPS) is 9.86. The minimum Gasteiger partial charge on any atom is -0.465 e. The van der Waals surface area contributed by atoms with Crippen LogP contribution in [0.4, 0.5) is 0 Å². The summed E-state index contributed by atoms with van der Waals surface area (Å²) >= 11 is 0. The molecule has 0 N–H and O–H groups in total. The van der Waals surface area contributed by atoms with Crippen molar-refractivity contribution in [3.8, 4) is 6.07 Å². The van der Waals surface area contributed by atoms with Gasteiger partial charge in [0.2, 0.25) is 0 Å². The molecule has 0 aliphatic heterocycles. The SMILES string of the molecule is CCOC(=O)CN(CC)CCCC#N. The number of unbranched alkanes of at least 4 members (excludes halogenated alkanes) is 1. The Morgan fingerprint density at radius 1 is 1.50 bits per heavy atom. The first kappa shape index (κ1) is 12.9. The molecule has 0 unspecified atom stereocenters. The topological polar surface area (TPSA) is 53.3 Å². The van der Waals surface area contributed by atoms with Crippen LogP contribution in [0.25, 0.3) is 0 Å². The quantitative estimate of drug-likeness (QED) is 0.455. The highest BCUT2D eigenvalue weighted by Gasteiger charge is 2.08. The average molecular weight is 198 g/mol. The van der Waals surface area contributed by atoms with E-state index in [1.165, 1.54) is 0 Å². The second-order valence-corrected chi connectivity index (χ2v) is 2.94. The highest BCUT2D eigenvalue weighted by Crippen LogP contribution is 1.95. The van der Waals surface area contributed by atoms with E-state index in [0.717, 1.165) is 19.5 Å². The summed E-state index contributed by atoms with van der Waals surface area (Å²) in [5.74, 6) is -0.189. The van der Waals surface area contributed by atoms with Crippen molar-refractivity contribution < 1.29 is 9.53 Å². The van der Waals surface area contributed by atoms with E-state index in [9.17, 15) is 4.79 Å². The Balaban J connectivity index is 3.68. The number of rotatable bonds is 7. The van der Waals surface area contributed by atoms with E-state index in [2.05, 4.69) is 6.07 Å². The maximum absolute atomic E-state index is 11.1. The standard InChI is InChI=1S/C10H18N2O2/c1-3-12(8-6-5-7-11)9-10(13)14-4-2/h3-6,8-9H2,1-2H3. The van der Waals surface area contributed by atoms with E-state index in [1.54, 1.807) is 6.92 Å². The Morgan fingerprint density at radius 3 is 2.71 bits per heavy atom. The molecule has 0 atom stereocenters. The minimum absolute atomic E-state index is 0.189. The second kappa shape index (κ2) is 8.52. The van der Waals surface area contributed by atoms with Crippen molar-refractivity contribution in [1.82, 2.24) is 4.90 Å². The van der Waals surface area contributed by atoms with Crippen LogP contribution < -0.4 is 0 Å². The molecule has 0 aromatic rings. The van der Waals surface area contributed by atoms with E-state index >= 15 is 0 Å². The number of ether oxygens (including phenoxy) is 1. The number of likely N-dealkylation sites (N-methyl/N-ethyl adjacent to an activating group) is 1. The predicted octanol–water partition coefficient (Wildman–Crippen LogP) is 1.18. The highest BCUT2D eigenvalue weighted by molar-refractivity contribution is 5.71. The van der Waals surface area contributed by atoms with Crippen molar-refractivity contribution in [3.05, 3.63) is 0 Å². The number of carbonyl (C=O) groups is 1. The van der Waals surface area contributed by atoms with Crippen LogP contribution in [-0.4, -0.2) is 37.1 Å². The summed E-state index contributed by atoms with van der Waals surface area (Å²) in [5.41, 5.74) is 0. The van der Waals surface area contributed by atoms with Gasteiger partial charge in [-0.2, -0.15) is 5.26 Å². The molecule has 80 valence electrons. The van der Waals surface area contributed by atoms with E-state index in [1.807, 2.05) is 11.8 Å². The van der Waals surface area contributed by atoms with Gasteiger partial charge in [0, 0.05) is 6.42 Å². The fourth-order valence-electron chi connectivity index (χ4n) is 1.12. The molecule has 0 radical (unpaired) electrons. The van der Waals surface area contributed by atoms with E-state index in [4.69, 9.17) is 10.00 Å². The molecule has 0 amide bonds. The van der Waals surface area contributed by atoms with Crippen molar-refractivity contribution in [2.45, 2.75) is 26.7 Å². The molecule has 0 saturated heterocycles. The Labute approximate surface area is 85.5 Å². The number of nitrogens with zero attached hydrogens (tertiary/aromatic N) is 2. The van der Waals surface area contributed by atoms with Gasteiger partial charge in [0.25, 0.3) is 0 Å². The monoisotopic (exact) mass is 198 g/mol. The first-order chi connectivity index (χ1) is 6.74. The lowest BCUT2D eigenvalue weighted by Gasteiger charge is -2.18. The van der Waals surface area contributed by atoms with Crippen LogP contribution in [0.3, 0.4) is 0 Å². The van der Waals surface area contributed by atoms with Crippen molar-refractivity contribution in [2.24, 2.45) is 0 Å². The third-order valence-corrected chi connectivity index (χ3v) is 1.87. The molecule has 4 nitrogen and oxygen atoms in total. The molecule has 4 heteroatoms. The van der Waals surface area contributed by atoms with Gasteiger partial charge in [0.15, 0.2) is 0 Å². The third-order valence-electron chi connectivity index (χ3n) is 1.87. The van der Waals surface area contributed by atoms with Gasteiger partial charge in [-0.05, 0) is 26.4 Å². The van der Waals surface area contributed by atoms with Crippen molar-refractivity contribution >= 4 is 5.97 Å². The van der Waals surface area contributed by atoms with E-state index in [-0.39, 0.29) is 5.97 Å². The lowest BCUT2D eigenvalue weighted by molar-refractivity contribution is -0.144. The zero-order valence-electron chi connectivity index (χ0n) is 8.95. The number of nitriles is 1. The van der Waals surface area contributed by atoms with Gasteiger partial charge in [-0.1, -0.05) is 6.92 Å². The molecule has 14 heavy (non-hydrogen) atoms. The van der Waals surface area contributed by atoms with Gasteiger partial charge < -0.3 is 4.74 Å². The summed E-state index contributed by atoms with van der Waals surface area (Å²) in [7, 11) is 0. The Bertz CT molecular complexity index is 199. The van der Waals surface area contributed by atoms with E-state index < -0.39 is 0 Å². The number of hydrogen-bond donors (Lipinski definition) is 0. The van der Waals surface area contributed by atoms with Gasteiger partial charge in [0.05, 0.1) is 19.2 Å². The van der Waals surface area contributed by atoms with Crippen LogP contribution in [-0.2, 0) is 9.53 Å². The molecule has 0 bridgehead atoms. The maximum atomic E-state index is 11.1. The first-order valence-electron chi connectivity index (χ1n) is 4.99. The van der Waals surface area contributed by atoms with Gasteiger partial charge in [-0.15, -0.1) is 0 Å². The molecule has 0 saturated carbocycles. The lowest BCUT2D eigenvalue weighted by Crippen LogP contribution is -2.31. The number of hydrogen-bond acceptors (Lipinski definition) is 4. The molecule has 0 aliphatic carbocycles. The van der Waals surface area contributed by atoms with Crippen LogP contribution in [0.2, 0.25) is 0 Å². The third kappa shape index (κ3) is 6.44. The first-order valence-corrected chi connectivity index (χ1v) is 4.99. The summed E-state index contributed by atoms with van der Waals surface area (Å²) < 4.78 is 4.83. The van der Waals surface area contributed by atoms with Crippen LogP contribution in [0.15, 0.2) is 0 Å². The minimum atomic E-state index is -0.189. The summed E-state index contributed by atoms with van der Waals surface area (Å²) in [5, 5.41) is 8.36. The van der Waals surface area contributed by atoms with Crippen molar-refractivity contribution in [2.75, 3.05) is 26.2 Å². The summed E-state index contributed by atoms with van der Waals surface area (Å²) in [6.07, 6.45) is 1.35. The predicted molar refractivity (Wildman–Crippen MR) is 53.6 cm³/mol. The van der Waals surface area contributed by atoms with Gasteiger partial charge in [-0.3, -0.25) is 9.69 Å².